The molecule has 3 aliphatic carbocycles. The van der Waals surface area contributed by atoms with Crippen LogP contribution in [0, 0.1) is 28.6 Å². The second kappa shape index (κ2) is 10.2. The van der Waals surface area contributed by atoms with Gasteiger partial charge in [-0.25, -0.2) is 0 Å². The van der Waals surface area contributed by atoms with Crippen molar-refractivity contribution >= 4 is 28.9 Å². The fourth-order valence-corrected chi connectivity index (χ4v) is 9.21. The second-order valence-corrected chi connectivity index (χ2v) is 14.5. The van der Waals surface area contributed by atoms with Crippen LogP contribution in [0.3, 0.4) is 0 Å². The lowest BCUT2D eigenvalue weighted by atomic mass is 9.40. The highest BCUT2D eigenvalue weighted by Crippen LogP contribution is 2.65. The topological polar surface area (TPSA) is 126 Å². The highest BCUT2D eigenvalue weighted by Gasteiger charge is 2.73. The number of fused-ring (bicyclic) bond motifs is 3. The van der Waals surface area contributed by atoms with Gasteiger partial charge >= 0.3 is 0 Å². The molecule has 5 atom stereocenters. The van der Waals surface area contributed by atoms with Gasteiger partial charge in [0.2, 0.25) is 5.78 Å². The molecule has 1 saturated carbocycles. The summed E-state index contributed by atoms with van der Waals surface area (Å²) in [6.07, 6.45) is 0.490. The van der Waals surface area contributed by atoms with Gasteiger partial charge in [-0.05, 0) is 79.5 Å². The number of allylic oxidation sites excluding steroid dienone is 1. The number of aliphatic hydroxyl groups is 1. The number of carbonyl (C=O) groups is 5. The Morgan fingerprint density at radius 3 is 2.05 bits per heavy atom. The zero-order valence-electron chi connectivity index (χ0n) is 27.0. The minimum Gasteiger partial charge on any atom is -0.507 e. The van der Waals surface area contributed by atoms with Crippen molar-refractivity contribution < 1.29 is 34.2 Å². The van der Waals surface area contributed by atoms with Gasteiger partial charge in [-0.2, -0.15) is 0 Å². The van der Waals surface area contributed by atoms with Crippen molar-refractivity contribution in [3.05, 3.63) is 63.7 Å². The van der Waals surface area contributed by atoms with Crippen LogP contribution in [0.2, 0.25) is 0 Å². The summed E-state index contributed by atoms with van der Waals surface area (Å²) in [4.78, 5) is 67.9. The number of benzene rings is 2. The predicted octanol–water partition coefficient (Wildman–Crippen LogP) is 6.22. The number of Topliss-reactive ketones (excluding diaryl/α,β-unsaturated/α-hetero) is 5. The Bertz CT molecular complexity index is 1690. The van der Waals surface area contributed by atoms with E-state index in [4.69, 9.17) is 0 Å². The lowest BCUT2D eigenvalue weighted by molar-refractivity contribution is -0.192. The average Bonchev–Trinajstić information content (AvgIpc) is 2.90. The summed E-state index contributed by atoms with van der Waals surface area (Å²) in [6, 6.07) is 8.63. The minimum absolute atomic E-state index is 0.0256. The minimum atomic E-state index is -2.57. The molecule has 232 valence electrons. The molecule has 0 saturated heterocycles. The van der Waals surface area contributed by atoms with Crippen LogP contribution in [0.1, 0.15) is 106 Å². The molecule has 2 aromatic rings. The number of hydrogen-bond acceptors (Lipinski definition) is 7. The first-order valence-electron chi connectivity index (χ1n) is 15.4. The molecule has 2 aromatic carbocycles. The fraction of sp³-hybridized carbons (Fsp3) is 0.486. The average molecular weight is 599 g/mol. The maximum absolute atomic E-state index is 14.6. The molecule has 5 rings (SSSR count). The molecule has 7 nitrogen and oxygen atoms in total. The van der Waals surface area contributed by atoms with Crippen molar-refractivity contribution in [1.82, 2.24) is 0 Å². The van der Waals surface area contributed by atoms with Crippen molar-refractivity contribution in [2.75, 3.05) is 0 Å². The van der Waals surface area contributed by atoms with Crippen molar-refractivity contribution in [2.24, 2.45) is 28.6 Å². The van der Waals surface area contributed by atoms with Gasteiger partial charge in [0.15, 0.2) is 28.7 Å². The molecule has 1 unspecified atom stereocenters. The summed E-state index contributed by atoms with van der Waals surface area (Å²) in [5, 5.41) is 24.0. The zero-order chi connectivity index (χ0) is 32.8. The van der Waals surface area contributed by atoms with Crippen molar-refractivity contribution in [2.45, 2.75) is 86.7 Å². The molecular formula is C37H42O7. The Kier molecular flexibility index (Phi) is 7.32. The van der Waals surface area contributed by atoms with Crippen molar-refractivity contribution in [1.29, 1.82) is 0 Å². The molecule has 3 aliphatic rings. The van der Waals surface area contributed by atoms with E-state index in [1.54, 1.807) is 38.1 Å². The van der Waals surface area contributed by atoms with E-state index in [0.29, 0.717) is 34.2 Å². The van der Waals surface area contributed by atoms with E-state index >= 15 is 0 Å². The highest BCUT2D eigenvalue weighted by atomic mass is 16.3. The maximum Gasteiger partial charge on any atom is 0.206 e. The van der Waals surface area contributed by atoms with Crippen molar-refractivity contribution in [3.8, 4) is 16.9 Å². The number of aromatic hydroxyl groups is 1. The van der Waals surface area contributed by atoms with Crippen LogP contribution < -0.4 is 0 Å². The van der Waals surface area contributed by atoms with Crippen molar-refractivity contribution in [3.63, 3.8) is 0 Å². The standard InChI is InChI=1S/C37H42O7/c1-17(2)24-14-25(23-12-10-22(11-13-23)20(6)38)31(40)28-26(24)15-35(8)16-36(9)29(18(3)4)19(5)27(21(7)39)33(42)37(36,44)34(43)30(35)32(28)41/h10-14,17-18,29-30,40,44H,15-16H2,1-9H3/t29-,30?,35+,36+,37-/m1/s1. The van der Waals surface area contributed by atoms with E-state index in [9.17, 15) is 34.2 Å². The smallest absolute Gasteiger partial charge is 0.206 e. The first-order chi connectivity index (χ1) is 20.3. The summed E-state index contributed by atoms with van der Waals surface area (Å²) in [5.74, 6) is -5.32. The molecule has 7 heteroatoms. The van der Waals surface area contributed by atoms with Gasteiger partial charge in [-0.3, -0.25) is 24.0 Å². The maximum atomic E-state index is 14.6. The Labute approximate surface area is 258 Å². The van der Waals surface area contributed by atoms with Gasteiger partial charge in [-0.15, -0.1) is 0 Å². The summed E-state index contributed by atoms with van der Waals surface area (Å²) in [6.45, 7) is 16.0. The van der Waals surface area contributed by atoms with E-state index in [-0.39, 0.29) is 40.9 Å². The number of phenolic OH excluding ortho intramolecular Hbond substituents is 1. The summed E-state index contributed by atoms with van der Waals surface area (Å²) in [7, 11) is 0. The van der Waals surface area contributed by atoms with Crippen LogP contribution in [-0.4, -0.2) is 44.7 Å². The van der Waals surface area contributed by atoms with Gasteiger partial charge < -0.3 is 10.2 Å². The second-order valence-electron chi connectivity index (χ2n) is 14.5. The molecule has 1 fully saturated rings. The Morgan fingerprint density at radius 1 is 0.955 bits per heavy atom. The van der Waals surface area contributed by atoms with E-state index in [1.165, 1.54) is 13.8 Å². The molecule has 0 radical (unpaired) electrons. The van der Waals surface area contributed by atoms with E-state index in [2.05, 4.69) is 0 Å². The number of carbonyl (C=O) groups excluding carboxylic acids is 5. The molecule has 0 spiro atoms. The Morgan fingerprint density at radius 2 is 1.55 bits per heavy atom. The van der Waals surface area contributed by atoms with Gasteiger partial charge in [0.05, 0.1) is 17.1 Å². The lowest BCUT2D eigenvalue weighted by Gasteiger charge is -2.62. The quantitative estimate of drug-likeness (QED) is 0.238. The third kappa shape index (κ3) is 4.08. The lowest BCUT2D eigenvalue weighted by Crippen LogP contribution is -2.73. The molecule has 0 heterocycles. The van der Waals surface area contributed by atoms with Crippen LogP contribution in [0.15, 0.2) is 41.5 Å². The zero-order valence-corrected chi connectivity index (χ0v) is 27.0. The monoisotopic (exact) mass is 598 g/mol. The van der Waals surface area contributed by atoms with Gasteiger partial charge in [0.1, 0.15) is 5.75 Å². The molecule has 0 bridgehead atoms. The molecular weight excluding hydrogens is 556 g/mol. The number of phenols is 1. The summed E-state index contributed by atoms with van der Waals surface area (Å²) >= 11 is 0. The third-order valence-corrected chi connectivity index (χ3v) is 10.8. The summed E-state index contributed by atoms with van der Waals surface area (Å²) in [5.41, 5.74) is -1.29. The van der Waals surface area contributed by atoms with Crippen LogP contribution in [0.25, 0.3) is 11.1 Å². The molecule has 0 amide bonds. The largest absolute Gasteiger partial charge is 0.507 e. The molecule has 0 aromatic heterocycles. The van der Waals surface area contributed by atoms with E-state index in [0.717, 1.165) is 5.56 Å². The van der Waals surface area contributed by atoms with Gasteiger partial charge in [-0.1, -0.05) is 71.4 Å². The van der Waals surface area contributed by atoms with E-state index < -0.39 is 51.4 Å². The van der Waals surface area contributed by atoms with Crippen LogP contribution in [0.4, 0.5) is 0 Å². The number of hydrogen-bond donors (Lipinski definition) is 2. The van der Waals surface area contributed by atoms with E-state index in [1.807, 2.05) is 40.7 Å². The fourth-order valence-electron chi connectivity index (χ4n) is 9.21. The van der Waals surface area contributed by atoms with Crippen LogP contribution >= 0.6 is 0 Å². The van der Waals surface area contributed by atoms with Gasteiger partial charge in [0, 0.05) is 16.5 Å². The molecule has 0 aliphatic heterocycles. The van der Waals surface area contributed by atoms with Crippen LogP contribution in [0.5, 0.6) is 5.75 Å². The number of ketones is 5. The van der Waals surface area contributed by atoms with Gasteiger partial charge in [0.25, 0.3) is 0 Å². The van der Waals surface area contributed by atoms with Crippen LogP contribution in [-0.2, 0) is 20.8 Å². The number of rotatable bonds is 5. The SMILES string of the molecule is CC(=O)C1=C(C)[C@@H](C(C)C)[C@]2(C)C[C@]3(C)Cc4c(C(C)C)cc(-c5ccc(C(C)=O)cc5)c(O)c4C(=O)C3C(=O)[C@]2(O)C1=O. The third-order valence-electron chi connectivity index (χ3n) is 10.8. The summed E-state index contributed by atoms with van der Waals surface area (Å²) < 4.78 is 0. The molecule has 2 N–H and O–H groups in total. The molecule has 44 heavy (non-hydrogen) atoms. The Balaban J connectivity index is 1.75. The Hall–Kier alpha value is -3.71. The normalized spacial score (nSPS) is 30.0. The predicted molar refractivity (Wildman–Crippen MR) is 167 cm³/mol. The highest BCUT2D eigenvalue weighted by molar-refractivity contribution is 6.33. The first-order valence-corrected chi connectivity index (χ1v) is 15.4. The first kappa shape index (κ1) is 31.7.